The van der Waals surface area contributed by atoms with E-state index in [1.54, 1.807) is 6.07 Å². The molecule has 0 unspecified atom stereocenters. The van der Waals surface area contributed by atoms with Crippen molar-refractivity contribution in [3.05, 3.63) is 47.8 Å². The summed E-state index contributed by atoms with van der Waals surface area (Å²) in [5.74, 6) is -1.33. The lowest BCUT2D eigenvalue weighted by Crippen LogP contribution is -2.15. The molecule has 0 spiro atoms. The number of carbonyl (C=O) groups is 2. The third kappa shape index (κ3) is 3.41. The van der Waals surface area contributed by atoms with Crippen LogP contribution in [0.1, 0.15) is 5.69 Å². The van der Waals surface area contributed by atoms with Crippen molar-refractivity contribution in [2.75, 3.05) is 19.5 Å². The molecule has 1 aromatic carbocycles. The van der Waals surface area contributed by atoms with Crippen LogP contribution in [0.3, 0.4) is 0 Å². The number of benzene rings is 1. The molecule has 0 atom stereocenters. The molecule has 6 nitrogen and oxygen atoms in total. The van der Waals surface area contributed by atoms with E-state index in [2.05, 4.69) is 19.8 Å². The Morgan fingerprint density at radius 2 is 1.91 bits per heavy atom. The SMILES string of the molecule is COC(=O)/C=C(/Nc1cccc2ccc(C)nc12)C(=O)OC. The molecular weight excluding hydrogens is 284 g/mol. The van der Waals surface area contributed by atoms with Crippen molar-refractivity contribution in [1.82, 2.24) is 4.98 Å². The molecule has 114 valence electrons. The highest BCUT2D eigenvalue weighted by Gasteiger charge is 2.14. The number of nitrogens with one attached hydrogen (secondary N) is 1. The Bertz CT molecular complexity index is 753. The standard InChI is InChI=1S/C16H16N2O4/c1-10-7-8-11-5-4-6-12(15(11)17-10)18-13(16(20)22-3)9-14(19)21-2/h4-9,18H,1-3H3/b13-9+. The lowest BCUT2D eigenvalue weighted by atomic mass is 10.1. The maximum absolute atomic E-state index is 11.8. The van der Waals surface area contributed by atoms with E-state index in [4.69, 9.17) is 0 Å². The largest absolute Gasteiger partial charge is 0.466 e. The number of aromatic nitrogens is 1. The molecule has 2 rings (SSSR count). The average molecular weight is 300 g/mol. The second kappa shape index (κ2) is 6.71. The second-order valence-corrected chi connectivity index (χ2v) is 4.53. The fraction of sp³-hybridized carbons (Fsp3) is 0.188. The zero-order chi connectivity index (χ0) is 16.1. The third-order valence-electron chi connectivity index (χ3n) is 3.00. The smallest absolute Gasteiger partial charge is 0.354 e. The van der Waals surface area contributed by atoms with E-state index in [1.807, 2.05) is 31.2 Å². The van der Waals surface area contributed by atoms with Crippen LogP contribution in [0.5, 0.6) is 0 Å². The molecule has 0 radical (unpaired) electrons. The number of nitrogens with zero attached hydrogens (tertiary/aromatic N) is 1. The molecular formula is C16H16N2O4. The third-order valence-corrected chi connectivity index (χ3v) is 3.00. The molecule has 0 amide bonds. The highest BCUT2D eigenvalue weighted by atomic mass is 16.5. The lowest BCUT2D eigenvalue weighted by Gasteiger charge is -2.11. The molecule has 1 heterocycles. The quantitative estimate of drug-likeness (QED) is 0.689. The summed E-state index contributed by atoms with van der Waals surface area (Å²) in [6.07, 6.45) is 1.04. The number of methoxy groups -OCH3 is 2. The van der Waals surface area contributed by atoms with Crippen molar-refractivity contribution in [2.24, 2.45) is 0 Å². The summed E-state index contributed by atoms with van der Waals surface area (Å²) in [7, 11) is 2.47. The minimum absolute atomic E-state index is 0.0230. The summed E-state index contributed by atoms with van der Waals surface area (Å²) in [6.45, 7) is 1.88. The van der Waals surface area contributed by atoms with Crippen LogP contribution in [0.4, 0.5) is 5.69 Å². The minimum Gasteiger partial charge on any atom is -0.466 e. The Kier molecular flexibility index (Phi) is 4.73. The van der Waals surface area contributed by atoms with E-state index < -0.39 is 11.9 Å². The maximum Gasteiger partial charge on any atom is 0.354 e. The van der Waals surface area contributed by atoms with Gasteiger partial charge in [-0.15, -0.1) is 0 Å². The fourth-order valence-electron chi connectivity index (χ4n) is 1.92. The first kappa shape index (κ1) is 15.5. The number of ether oxygens (including phenoxy) is 2. The van der Waals surface area contributed by atoms with Gasteiger partial charge in [0.25, 0.3) is 0 Å². The number of aryl methyl sites for hydroxylation is 1. The molecule has 1 aromatic heterocycles. The molecule has 0 aliphatic carbocycles. The number of carbonyl (C=O) groups excluding carboxylic acids is 2. The van der Waals surface area contributed by atoms with Crippen molar-refractivity contribution < 1.29 is 19.1 Å². The van der Waals surface area contributed by atoms with Crippen LogP contribution in [0.2, 0.25) is 0 Å². The molecule has 0 saturated heterocycles. The van der Waals surface area contributed by atoms with Crippen LogP contribution in [0.15, 0.2) is 42.1 Å². The molecule has 0 aliphatic heterocycles. The first-order valence-corrected chi connectivity index (χ1v) is 6.56. The Hall–Kier alpha value is -2.89. The minimum atomic E-state index is -0.671. The molecule has 2 aromatic rings. The molecule has 6 heteroatoms. The fourth-order valence-corrected chi connectivity index (χ4v) is 1.92. The highest BCUT2D eigenvalue weighted by molar-refractivity contribution is 6.01. The van der Waals surface area contributed by atoms with Crippen LogP contribution in [0.25, 0.3) is 10.9 Å². The van der Waals surface area contributed by atoms with E-state index >= 15 is 0 Å². The van der Waals surface area contributed by atoms with Crippen LogP contribution in [0, 0.1) is 6.92 Å². The zero-order valence-corrected chi connectivity index (χ0v) is 12.5. The van der Waals surface area contributed by atoms with E-state index in [0.717, 1.165) is 17.2 Å². The van der Waals surface area contributed by atoms with Gasteiger partial charge in [0.05, 0.1) is 31.5 Å². The van der Waals surface area contributed by atoms with Gasteiger partial charge in [-0.1, -0.05) is 18.2 Å². The Labute approximate surface area is 127 Å². The molecule has 1 N–H and O–H groups in total. The maximum atomic E-state index is 11.8. The number of fused-ring (bicyclic) bond motifs is 1. The number of rotatable bonds is 4. The molecule has 0 fully saturated rings. The van der Waals surface area contributed by atoms with Gasteiger partial charge >= 0.3 is 11.9 Å². The van der Waals surface area contributed by atoms with Crippen LogP contribution >= 0.6 is 0 Å². The van der Waals surface area contributed by atoms with E-state index in [1.165, 1.54) is 14.2 Å². The topological polar surface area (TPSA) is 77.5 Å². The Morgan fingerprint density at radius 3 is 2.59 bits per heavy atom. The van der Waals surface area contributed by atoms with Gasteiger partial charge in [0, 0.05) is 11.1 Å². The van der Waals surface area contributed by atoms with Crippen molar-refractivity contribution in [3.63, 3.8) is 0 Å². The monoisotopic (exact) mass is 300 g/mol. The average Bonchev–Trinajstić information content (AvgIpc) is 2.53. The zero-order valence-electron chi connectivity index (χ0n) is 12.5. The predicted octanol–water partition coefficient (Wildman–Crippen LogP) is 2.19. The summed E-state index contributed by atoms with van der Waals surface area (Å²) >= 11 is 0. The number of para-hydroxylation sites is 1. The number of hydrogen-bond donors (Lipinski definition) is 1. The first-order valence-electron chi connectivity index (χ1n) is 6.56. The first-order chi connectivity index (χ1) is 10.5. The summed E-state index contributed by atoms with van der Waals surface area (Å²) < 4.78 is 9.21. The Morgan fingerprint density at radius 1 is 1.14 bits per heavy atom. The molecule has 0 aliphatic rings. The van der Waals surface area contributed by atoms with Gasteiger partial charge in [0.2, 0.25) is 0 Å². The molecule has 0 saturated carbocycles. The van der Waals surface area contributed by atoms with E-state index in [-0.39, 0.29) is 5.70 Å². The summed E-state index contributed by atoms with van der Waals surface area (Å²) in [4.78, 5) is 27.6. The van der Waals surface area contributed by atoms with Crippen LogP contribution in [-0.2, 0) is 19.1 Å². The van der Waals surface area contributed by atoms with Crippen molar-refractivity contribution in [3.8, 4) is 0 Å². The van der Waals surface area contributed by atoms with Gasteiger partial charge < -0.3 is 14.8 Å². The van der Waals surface area contributed by atoms with Gasteiger partial charge in [-0.3, -0.25) is 4.98 Å². The van der Waals surface area contributed by atoms with Gasteiger partial charge in [0.15, 0.2) is 0 Å². The van der Waals surface area contributed by atoms with Gasteiger partial charge in [-0.25, -0.2) is 9.59 Å². The summed E-state index contributed by atoms with van der Waals surface area (Å²) in [5, 5.41) is 3.80. The van der Waals surface area contributed by atoms with Gasteiger partial charge in [-0.05, 0) is 19.1 Å². The van der Waals surface area contributed by atoms with Crippen molar-refractivity contribution in [2.45, 2.75) is 6.92 Å². The predicted molar refractivity (Wildman–Crippen MR) is 82.2 cm³/mol. The highest BCUT2D eigenvalue weighted by Crippen LogP contribution is 2.23. The Balaban J connectivity index is 2.46. The second-order valence-electron chi connectivity index (χ2n) is 4.53. The number of pyridine rings is 1. The summed E-state index contributed by atoms with van der Waals surface area (Å²) in [6, 6.07) is 9.34. The van der Waals surface area contributed by atoms with Crippen LogP contribution < -0.4 is 5.32 Å². The lowest BCUT2D eigenvalue weighted by molar-refractivity contribution is -0.138. The number of esters is 2. The van der Waals surface area contributed by atoms with E-state index in [0.29, 0.717) is 11.2 Å². The number of anilines is 1. The number of hydrogen-bond acceptors (Lipinski definition) is 6. The van der Waals surface area contributed by atoms with E-state index in [9.17, 15) is 9.59 Å². The summed E-state index contributed by atoms with van der Waals surface area (Å²) in [5.41, 5.74) is 2.12. The van der Waals surface area contributed by atoms with Crippen molar-refractivity contribution in [1.29, 1.82) is 0 Å². The van der Waals surface area contributed by atoms with Gasteiger partial charge in [0.1, 0.15) is 5.70 Å². The van der Waals surface area contributed by atoms with Gasteiger partial charge in [-0.2, -0.15) is 0 Å². The molecule has 0 bridgehead atoms. The van der Waals surface area contributed by atoms with Crippen molar-refractivity contribution >= 4 is 28.5 Å². The molecule has 22 heavy (non-hydrogen) atoms. The normalized spacial score (nSPS) is 11.1. The van der Waals surface area contributed by atoms with Crippen LogP contribution in [-0.4, -0.2) is 31.1 Å².